The number of hydrogen-bond donors (Lipinski definition) is 1. The van der Waals surface area contributed by atoms with Gasteiger partial charge in [0.25, 0.3) is 11.5 Å². The van der Waals surface area contributed by atoms with E-state index in [-0.39, 0.29) is 11.5 Å². The minimum Gasteiger partial charge on any atom is -0.322 e. The number of carbonyl (C=O) groups excluding carboxylic acids is 1. The van der Waals surface area contributed by atoms with E-state index in [0.29, 0.717) is 20.6 Å². The zero-order chi connectivity index (χ0) is 22.2. The average molecular weight is 478 g/mol. The molecule has 0 radical (unpaired) electrons. The van der Waals surface area contributed by atoms with E-state index in [4.69, 9.17) is 0 Å². The number of para-hydroxylation sites is 1. The molecule has 0 fully saturated rings. The van der Waals surface area contributed by atoms with Crippen LogP contribution in [0.5, 0.6) is 0 Å². The van der Waals surface area contributed by atoms with Gasteiger partial charge in [0.1, 0.15) is 6.04 Å². The van der Waals surface area contributed by atoms with Crippen molar-refractivity contribution in [1.29, 1.82) is 0 Å². The van der Waals surface area contributed by atoms with Gasteiger partial charge in [-0.3, -0.25) is 14.2 Å². The van der Waals surface area contributed by atoms with Crippen LogP contribution >= 0.6 is 34.0 Å². The minimum atomic E-state index is -0.513. The monoisotopic (exact) mass is 477 g/mol. The van der Waals surface area contributed by atoms with Crippen LogP contribution in [0.15, 0.2) is 80.3 Å². The Morgan fingerprint density at radius 2 is 1.84 bits per heavy atom. The molecule has 1 aliphatic rings. The van der Waals surface area contributed by atoms with Crippen LogP contribution < -0.4 is 20.2 Å². The van der Waals surface area contributed by atoms with Gasteiger partial charge in [-0.1, -0.05) is 41.7 Å². The van der Waals surface area contributed by atoms with Gasteiger partial charge < -0.3 is 5.32 Å². The molecule has 8 heteroatoms. The first-order valence-corrected chi connectivity index (χ1v) is 12.6. The predicted octanol–water partition coefficient (Wildman–Crippen LogP) is 4.31. The molecule has 0 spiro atoms. The molecule has 0 saturated carbocycles. The predicted molar refractivity (Wildman–Crippen MR) is 132 cm³/mol. The maximum absolute atomic E-state index is 13.5. The van der Waals surface area contributed by atoms with Gasteiger partial charge in [0, 0.05) is 15.4 Å². The second kappa shape index (κ2) is 8.46. The van der Waals surface area contributed by atoms with Crippen molar-refractivity contribution in [2.75, 3.05) is 5.32 Å². The summed E-state index contributed by atoms with van der Waals surface area (Å²) in [5.41, 5.74) is 2.71. The number of amides is 1. The lowest BCUT2D eigenvalue weighted by Gasteiger charge is -2.24. The number of nitrogens with zero attached hydrogens (tertiary/aromatic N) is 2. The molecule has 0 aliphatic carbocycles. The van der Waals surface area contributed by atoms with Crippen molar-refractivity contribution < 1.29 is 4.79 Å². The van der Waals surface area contributed by atoms with Crippen molar-refractivity contribution >= 4 is 51.7 Å². The molecule has 4 aromatic rings. The van der Waals surface area contributed by atoms with Gasteiger partial charge in [0.2, 0.25) is 0 Å². The summed E-state index contributed by atoms with van der Waals surface area (Å²) >= 11 is 4.47. The van der Waals surface area contributed by atoms with Crippen molar-refractivity contribution in [2.45, 2.75) is 19.9 Å². The van der Waals surface area contributed by atoms with Gasteiger partial charge in [-0.15, -0.1) is 22.7 Å². The van der Waals surface area contributed by atoms with Crippen molar-refractivity contribution in [2.24, 2.45) is 4.99 Å². The highest BCUT2D eigenvalue weighted by atomic mass is 32.1. The Morgan fingerprint density at radius 3 is 2.56 bits per heavy atom. The van der Waals surface area contributed by atoms with E-state index in [0.717, 1.165) is 21.0 Å². The molecule has 3 aromatic heterocycles. The third kappa shape index (κ3) is 3.70. The first-order valence-electron chi connectivity index (χ1n) is 9.99. The highest BCUT2D eigenvalue weighted by Crippen LogP contribution is 2.33. The molecule has 1 unspecified atom stereocenters. The van der Waals surface area contributed by atoms with Crippen LogP contribution in [0.25, 0.3) is 6.08 Å². The summed E-state index contributed by atoms with van der Waals surface area (Å²) in [5.74, 6) is -0.244. The smallest absolute Gasteiger partial charge is 0.271 e. The fraction of sp³-hybridized carbons (Fsp3) is 0.125. The fourth-order valence-electron chi connectivity index (χ4n) is 3.73. The zero-order valence-corrected chi connectivity index (χ0v) is 19.8. The lowest BCUT2D eigenvalue weighted by Crippen LogP contribution is -2.40. The zero-order valence-electron chi connectivity index (χ0n) is 17.4. The van der Waals surface area contributed by atoms with E-state index >= 15 is 0 Å². The summed E-state index contributed by atoms with van der Waals surface area (Å²) in [7, 11) is 0. The fourth-order valence-corrected chi connectivity index (χ4v) is 6.33. The van der Waals surface area contributed by atoms with Crippen LogP contribution in [-0.2, 0) is 4.79 Å². The van der Waals surface area contributed by atoms with E-state index in [1.54, 1.807) is 15.9 Å². The molecular formula is C24H19N3O2S3. The Hall–Kier alpha value is -3.07. The highest BCUT2D eigenvalue weighted by Gasteiger charge is 2.33. The third-order valence-electron chi connectivity index (χ3n) is 5.29. The van der Waals surface area contributed by atoms with Gasteiger partial charge in [-0.25, -0.2) is 4.99 Å². The second-order valence-corrected chi connectivity index (χ2v) is 10.3. The Morgan fingerprint density at radius 1 is 1.06 bits per heavy atom. The number of thiazole rings is 1. The first kappa shape index (κ1) is 20.8. The summed E-state index contributed by atoms with van der Waals surface area (Å²) in [6.45, 7) is 3.79. The number of benzene rings is 1. The molecule has 1 atom stereocenters. The molecule has 4 heterocycles. The lowest BCUT2D eigenvalue weighted by atomic mass is 10.0. The van der Waals surface area contributed by atoms with Crippen molar-refractivity contribution in [3.05, 3.63) is 106 Å². The molecule has 5 nitrogen and oxygen atoms in total. The first-order chi connectivity index (χ1) is 15.5. The number of carbonyl (C=O) groups is 1. The van der Waals surface area contributed by atoms with Gasteiger partial charge in [0.05, 0.1) is 15.8 Å². The van der Waals surface area contributed by atoms with Crippen LogP contribution in [0, 0.1) is 6.92 Å². The molecule has 1 N–H and O–H groups in total. The maximum Gasteiger partial charge on any atom is 0.271 e. The summed E-state index contributed by atoms with van der Waals surface area (Å²) in [6.07, 6.45) is 1.90. The molecule has 5 rings (SSSR count). The number of anilines is 1. The van der Waals surface area contributed by atoms with Gasteiger partial charge >= 0.3 is 0 Å². The van der Waals surface area contributed by atoms with E-state index in [2.05, 4.69) is 10.3 Å². The molecule has 0 bridgehead atoms. The van der Waals surface area contributed by atoms with E-state index in [9.17, 15) is 9.59 Å². The molecular weight excluding hydrogens is 458 g/mol. The van der Waals surface area contributed by atoms with Gasteiger partial charge in [0.15, 0.2) is 4.80 Å². The molecule has 32 heavy (non-hydrogen) atoms. The van der Waals surface area contributed by atoms with E-state index < -0.39 is 6.04 Å². The SMILES string of the molecule is CC1=C(C(=O)Nc2ccccc2C)C(c2cccs2)n2c(sc(=Cc3cccs3)c2=O)=N1. The van der Waals surface area contributed by atoms with Crippen molar-refractivity contribution in [3.8, 4) is 0 Å². The van der Waals surface area contributed by atoms with E-state index in [1.807, 2.05) is 79.2 Å². The second-order valence-electron chi connectivity index (χ2n) is 7.38. The topological polar surface area (TPSA) is 63.5 Å². The quantitative estimate of drug-likeness (QED) is 0.476. The summed E-state index contributed by atoms with van der Waals surface area (Å²) in [4.78, 5) is 34.2. The summed E-state index contributed by atoms with van der Waals surface area (Å²) in [5, 5.41) is 6.97. The molecule has 160 valence electrons. The average Bonchev–Trinajstić information content (AvgIpc) is 3.52. The van der Waals surface area contributed by atoms with Crippen LogP contribution in [0.4, 0.5) is 5.69 Å². The Labute approximate surface area is 196 Å². The Bertz CT molecular complexity index is 1510. The largest absolute Gasteiger partial charge is 0.322 e. The molecule has 1 aromatic carbocycles. The molecule has 0 saturated heterocycles. The maximum atomic E-state index is 13.5. The molecule has 1 amide bonds. The number of allylic oxidation sites excluding steroid dienone is 1. The number of nitrogens with one attached hydrogen (secondary N) is 1. The number of rotatable bonds is 4. The van der Waals surface area contributed by atoms with Crippen molar-refractivity contribution in [3.63, 3.8) is 0 Å². The Kier molecular flexibility index (Phi) is 5.50. The summed E-state index contributed by atoms with van der Waals surface area (Å²) < 4.78 is 2.27. The number of fused-ring (bicyclic) bond motifs is 1. The minimum absolute atomic E-state index is 0.130. The van der Waals surface area contributed by atoms with Crippen LogP contribution in [0.3, 0.4) is 0 Å². The standard InChI is InChI=1S/C24H19N3O2S3/c1-14-7-3-4-9-17(14)26-22(28)20-15(2)25-24-27(21(20)18-10-6-12-31-18)23(29)19(32-24)13-16-8-5-11-30-16/h3-13,21H,1-2H3,(H,26,28). The van der Waals surface area contributed by atoms with Gasteiger partial charge in [-0.2, -0.15) is 0 Å². The van der Waals surface area contributed by atoms with Gasteiger partial charge in [-0.05, 0) is 54.4 Å². The normalized spacial score (nSPS) is 16.1. The number of hydrogen-bond acceptors (Lipinski definition) is 6. The number of thiophene rings is 2. The van der Waals surface area contributed by atoms with Crippen LogP contribution in [0.1, 0.15) is 28.3 Å². The molecule has 1 aliphatic heterocycles. The van der Waals surface area contributed by atoms with Crippen LogP contribution in [-0.4, -0.2) is 10.5 Å². The highest BCUT2D eigenvalue weighted by molar-refractivity contribution is 7.11. The third-order valence-corrected chi connectivity index (χ3v) is 8.02. The Balaban J connectivity index is 1.66. The van der Waals surface area contributed by atoms with Crippen molar-refractivity contribution in [1.82, 2.24) is 4.57 Å². The lowest BCUT2D eigenvalue weighted by molar-refractivity contribution is -0.113. The number of aryl methyl sites for hydroxylation is 1. The van der Waals surface area contributed by atoms with E-state index in [1.165, 1.54) is 22.7 Å². The number of aromatic nitrogens is 1. The summed E-state index contributed by atoms with van der Waals surface area (Å²) in [6, 6.07) is 15.0. The van der Waals surface area contributed by atoms with Crippen LogP contribution in [0.2, 0.25) is 0 Å².